The smallest absolute Gasteiger partial charge is 0.251 e. The number of nitrogens with zero attached hydrogens (tertiary/aromatic N) is 3. The van der Waals surface area contributed by atoms with Crippen molar-refractivity contribution < 1.29 is 9.59 Å². The van der Waals surface area contributed by atoms with Crippen LogP contribution in [0.2, 0.25) is 0 Å². The van der Waals surface area contributed by atoms with Gasteiger partial charge in [0, 0.05) is 55.9 Å². The van der Waals surface area contributed by atoms with E-state index in [0.717, 1.165) is 43.7 Å². The molecule has 0 unspecified atom stereocenters. The predicted octanol–water partition coefficient (Wildman–Crippen LogP) is 2.49. The fourth-order valence-corrected chi connectivity index (χ4v) is 4.42. The maximum Gasteiger partial charge on any atom is 0.251 e. The number of hydrogen-bond acceptors (Lipinski definition) is 4. The number of likely N-dealkylation sites (tertiary alicyclic amines) is 2. The lowest BCUT2D eigenvalue weighted by Gasteiger charge is -2.34. The molecule has 2 aliphatic rings. The molecule has 1 aromatic heterocycles. The number of carbonyl (C=O) groups is 2. The number of piperidine rings is 2. The molecule has 3 heterocycles. The van der Waals surface area contributed by atoms with Crippen LogP contribution in [0.25, 0.3) is 0 Å². The molecule has 160 valence electrons. The number of hydrogen-bond donors (Lipinski definition) is 1. The van der Waals surface area contributed by atoms with E-state index >= 15 is 0 Å². The van der Waals surface area contributed by atoms with Crippen LogP contribution >= 0.6 is 0 Å². The molecular weight excluding hydrogens is 368 g/mol. The van der Waals surface area contributed by atoms with E-state index in [1.54, 1.807) is 6.07 Å². The number of carbonyl (C=O) groups excluding carboxylic acids is 2. The highest BCUT2D eigenvalue weighted by molar-refractivity contribution is 5.78. The normalized spacial score (nSPS) is 21.1. The molecule has 0 spiro atoms. The van der Waals surface area contributed by atoms with Crippen LogP contribution in [0.1, 0.15) is 76.7 Å². The van der Waals surface area contributed by atoms with Gasteiger partial charge in [0.25, 0.3) is 5.56 Å². The Morgan fingerprint density at radius 1 is 0.966 bits per heavy atom. The molecule has 1 N–H and O–H groups in total. The van der Waals surface area contributed by atoms with Crippen molar-refractivity contribution in [3.05, 3.63) is 27.9 Å². The molecule has 2 aliphatic heterocycles. The van der Waals surface area contributed by atoms with Gasteiger partial charge in [-0.3, -0.25) is 14.4 Å². The van der Waals surface area contributed by atoms with Gasteiger partial charge in [-0.05, 0) is 25.7 Å². The first-order valence-corrected chi connectivity index (χ1v) is 10.9. The lowest BCUT2D eigenvalue weighted by Crippen LogP contribution is -2.42. The second kappa shape index (κ2) is 9.09. The second-order valence-corrected chi connectivity index (χ2v) is 9.09. The average molecular weight is 403 g/mol. The Hall–Kier alpha value is -2.18. The molecule has 7 nitrogen and oxygen atoms in total. The van der Waals surface area contributed by atoms with Crippen molar-refractivity contribution in [1.82, 2.24) is 19.8 Å². The standard InChI is InChI=1S/C22H34N4O3/c1-14(2)21(28)25-10-7-16(8-11-25)20-23-18(12-19(27)24-20)17-6-5-9-26(13-17)22(29)15(3)4/h12,14-17H,5-11,13H2,1-4H3,(H,23,24,27)/t17-/m1/s1. The van der Waals surface area contributed by atoms with E-state index < -0.39 is 0 Å². The summed E-state index contributed by atoms with van der Waals surface area (Å²) < 4.78 is 0. The number of aromatic nitrogens is 2. The molecule has 1 aromatic rings. The van der Waals surface area contributed by atoms with E-state index in [1.165, 1.54) is 0 Å². The van der Waals surface area contributed by atoms with E-state index in [0.29, 0.717) is 19.6 Å². The highest BCUT2D eigenvalue weighted by Gasteiger charge is 2.29. The minimum absolute atomic E-state index is 0.00982. The quantitative estimate of drug-likeness (QED) is 0.838. The highest BCUT2D eigenvalue weighted by Crippen LogP contribution is 2.29. The Kier molecular flexibility index (Phi) is 6.75. The first-order valence-electron chi connectivity index (χ1n) is 10.9. The van der Waals surface area contributed by atoms with E-state index in [4.69, 9.17) is 4.98 Å². The highest BCUT2D eigenvalue weighted by atomic mass is 16.2. The Morgan fingerprint density at radius 3 is 2.21 bits per heavy atom. The maximum absolute atomic E-state index is 12.4. The van der Waals surface area contributed by atoms with Gasteiger partial charge in [-0.1, -0.05) is 27.7 Å². The lowest BCUT2D eigenvalue weighted by molar-refractivity contribution is -0.136. The summed E-state index contributed by atoms with van der Waals surface area (Å²) >= 11 is 0. The van der Waals surface area contributed by atoms with Crippen LogP contribution in [0.15, 0.2) is 10.9 Å². The molecular formula is C22H34N4O3. The first-order chi connectivity index (χ1) is 13.8. The van der Waals surface area contributed by atoms with Crippen LogP contribution in [0.4, 0.5) is 0 Å². The maximum atomic E-state index is 12.4. The largest absolute Gasteiger partial charge is 0.342 e. The number of aromatic amines is 1. The minimum atomic E-state index is -0.127. The Balaban J connectivity index is 1.71. The van der Waals surface area contributed by atoms with Crippen LogP contribution in [0.3, 0.4) is 0 Å². The topological polar surface area (TPSA) is 86.4 Å². The lowest BCUT2D eigenvalue weighted by atomic mass is 9.92. The van der Waals surface area contributed by atoms with Crippen molar-refractivity contribution in [1.29, 1.82) is 0 Å². The number of amides is 2. The molecule has 2 fully saturated rings. The third kappa shape index (κ3) is 5.06. The van der Waals surface area contributed by atoms with E-state index in [2.05, 4.69) is 4.98 Å². The van der Waals surface area contributed by atoms with Gasteiger partial charge in [-0.2, -0.15) is 0 Å². The fourth-order valence-electron chi connectivity index (χ4n) is 4.42. The molecule has 2 saturated heterocycles. The zero-order valence-electron chi connectivity index (χ0n) is 18.1. The molecule has 2 amide bonds. The summed E-state index contributed by atoms with van der Waals surface area (Å²) in [7, 11) is 0. The first kappa shape index (κ1) is 21.5. The number of nitrogens with one attached hydrogen (secondary N) is 1. The fraction of sp³-hybridized carbons (Fsp3) is 0.727. The van der Waals surface area contributed by atoms with Crippen LogP contribution < -0.4 is 5.56 Å². The monoisotopic (exact) mass is 402 g/mol. The molecule has 0 aliphatic carbocycles. The van der Waals surface area contributed by atoms with Crippen molar-refractivity contribution in [3.63, 3.8) is 0 Å². The Morgan fingerprint density at radius 2 is 1.59 bits per heavy atom. The van der Waals surface area contributed by atoms with Gasteiger partial charge in [0.05, 0.1) is 5.69 Å². The Bertz CT molecular complexity index is 793. The van der Waals surface area contributed by atoms with Crippen LogP contribution in [0.5, 0.6) is 0 Å². The van der Waals surface area contributed by atoms with Crippen LogP contribution in [-0.2, 0) is 9.59 Å². The zero-order valence-corrected chi connectivity index (χ0v) is 18.1. The summed E-state index contributed by atoms with van der Waals surface area (Å²) in [5.74, 6) is 1.35. The summed E-state index contributed by atoms with van der Waals surface area (Å²) in [6.07, 6.45) is 3.50. The third-order valence-electron chi connectivity index (χ3n) is 6.11. The van der Waals surface area contributed by atoms with Crippen LogP contribution in [-0.4, -0.2) is 57.8 Å². The van der Waals surface area contributed by atoms with Gasteiger partial charge < -0.3 is 14.8 Å². The summed E-state index contributed by atoms with van der Waals surface area (Å²) in [6, 6.07) is 1.59. The summed E-state index contributed by atoms with van der Waals surface area (Å²) in [4.78, 5) is 48.5. The second-order valence-electron chi connectivity index (χ2n) is 9.09. The van der Waals surface area contributed by atoms with E-state index in [-0.39, 0.29) is 41.0 Å². The van der Waals surface area contributed by atoms with Gasteiger partial charge in [0.2, 0.25) is 11.8 Å². The molecule has 0 bridgehead atoms. The minimum Gasteiger partial charge on any atom is -0.342 e. The molecule has 0 aromatic carbocycles. The molecule has 1 atom stereocenters. The van der Waals surface area contributed by atoms with Gasteiger partial charge in [0.15, 0.2) is 0 Å². The molecule has 3 rings (SSSR count). The predicted molar refractivity (Wildman–Crippen MR) is 112 cm³/mol. The average Bonchev–Trinajstić information content (AvgIpc) is 2.72. The number of H-pyrrole nitrogens is 1. The van der Waals surface area contributed by atoms with Gasteiger partial charge >= 0.3 is 0 Å². The van der Waals surface area contributed by atoms with Crippen molar-refractivity contribution in [2.75, 3.05) is 26.2 Å². The van der Waals surface area contributed by atoms with Crippen molar-refractivity contribution >= 4 is 11.8 Å². The van der Waals surface area contributed by atoms with Gasteiger partial charge in [-0.15, -0.1) is 0 Å². The molecule has 0 radical (unpaired) electrons. The van der Waals surface area contributed by atoms with Crippen molar-refractivity contribution in [2.45, 2.75) is 65.2 Å². The molecule has 7 heteroatoms. The van der Waals surface area contributed by atoms with E-state index in [9.17, 15) is 14.4 Å². The number of rotatable bonds is 4. The third-order valence-corrected chi connectivity index (χ3v) is 6.11. The Labute approximate surface area is 172 Å². The summed E-state index contributed by atoms with van der Waals surface area (Å²) in [6.45, 7) is 10.5. The van der Waals surface area contributed by atoms with Crippen molar-refractivity contribution in [2.24, 2.45) is 11.8 Å². The van der Waals surface area contributed by atoms with Crippen LogP contribution in [0, 0.1) is 11.8 Å². The van der Waals surface area contributed by atoms with Crippen molar-refractivity contribution in [3.8, 4) is 0 Å². The molecule has 29 heavy (non-hydrogen) atoms. The summed E-state index contributed by atoms with van der Waals surface area (Å²) in [5.41, 5.74) is 0.670. The zero-order chi connectivity index (χ0) is 21.1. The van der Waals surface area contributed by atoms with E-state index in [1.807, 2.05) is 37.5 Å². The molecule has 0 saturated carbocycles. The van der Waals surface area contributed by atoms with Gasteiger partial charge in [0.1, 0.15) is 5.82 Å². The summed E-state index contributed by atoms with van der Waals surface area (Å²) in [5, 5.41) is 0. The van der Waals surface area contributed by atoms with Gasteiger partial charge in [-0.25, -0.2) is 4.98 Å². The SMILES string of the molecule is CC(C)C(=O)N1CCC(c2nc([C@@H]3CCCN(C(=O)C(C)C)C3)cc(=O)[nH]2)CC1.